The second kappa shape index (κ2) is 5.84. The summed E-state index contributed by atoms with van der Waals surface area (Å²) in [4.78, 5) is 8.94. The topological polar surface area (TPSA) is 49.8 Å². The number of hydrogen-bond donors (Lipinski definition) is 2. The van der Waals surface area contributed by atoms with Crippen molar-refractivity contribution in [3.8, 4) is 0 Å². The summed E-state index contributed by atoms with van der Waals surface area (Å²) in [6, 6.07) is 2.56. The lowest BCUT2D eigenvalue weighted by atomic mass is 10.2. The molecule has 0 amide bonds. The Kier molecular flexibility index (Phi) is 4.18. The van der Waals surface area contributed by atoms with E-state index in [1.807, 2.05) is 13.0 Å². The molecule has 1 aliphatic rings. The van der Waals surface area contributed by atoms with Crippen molar-refractivity contribution in [2.45, 2.75) is 52.0 Å². The normalized spacial score (nSPS) is 16.1. The van der Waals surface area contributed by atoms with E-state index in [9.17, 15) is 0 Å². The van der Waals surface area contributed by atoms with Crippen molar-refractivity contribution in [3.05, 3.63) is 11.8 Å². The molecule has 0 atom stereocenters. The molecule has 1 saturated carbocycles. The molecule has 1 heterocycles. The first kappa shape index (κ1) is 12.1. The minimum Gasteiger partial charge on any atom is -0.370 e. The maximum Gasteiger partial charge on any atom is 0.225 e. The van der Waals surface area contributed by atoms with Crippen LogP contribution in [-0.2, 0) is 0 Å². The maximum atomic E-state index is 4.50. The summed E-state index contributed by atoms with van der Waals surface area (Å²) < 4.78 is 0. The lowest BCUT2D eigenvalue weighted by Crippen LogP contribution is -2.17. The van der Waals surface area contributed by atoms with Crippen molar-refractivity contribution < 1.29 is 0 Å². The quantitative estimate of drug-likeness (QED) is 0.822. The smallest absolute Gasteiger partial charge is 0.225 e. The van der Waals surface area contributed by atoms with Gasteiger partial charge in [0, 0.05) is 24.3 Å². The fourth-order valence-corrected chi connectivity index (χ4v) is 2.23. The Morgan fingerprint density at radius 1 is 1.29 bits per heavy atom. The lowest BCUT2D eigenvalue weighted by molar-refractivity contribution is 0.743. The van der Waals surface area contributed by atoms with Crippen LogP contribution in [-0.4, -0.2) is 22.6 Å². The number of nitrogens with one attached hydrogen (secondary N) is 2. The van der Waals surface area contributed by atoms with Crippen LogP contribution in [0.15, 0.2) is 6.07 Å². The maximum absolute atomic E-state index is 4.50. The molecule has 1 aromatic heterocycles. The molecule has 4 heteroatoms. The summed E-state index contributed by atoms with van der Waals surface area (Å²) >= 11 is 0. The van der Waals surface area contributed by atoms with Crippen LogP contribution < -0.4 is 10.6 Å². The SMILES string of the molecule is CCCNc1cc(C)nc(NC2CCCC2)n1. The zero-order chi connectivity index (χ0) is 12.1. The molecule has 1 aromatic rings. The third-order valence-electron chi connectivity index (χ3n) is 3.10. The zero-order valence-electron chi connectivity index (χ0n) is 10.8. The minimum absolute atomic E-state index is 0.566. The van der Waals surface area contributed by atoms with E-state index >= 15 is 0 Å². The van der Waals surface area contributed by atoms with Gasteiger partial charge < -0.3 is 10.6 Å². The van der Waals surface area contributed by atoms with Gasteiger partial charge in [0.15, 0.2) is 0 Å². The molecular formula is C13H22N4. The van der Waals surface area contributed by atoms with E-state index in [-0.39, 0.29) is 0 Å². The third kappa shape index (κ3) is 3.58. The van der Waals surface area contributed by atoms with Crippen molar-refractivity contribution in [2.75, 3.05) is 17.2 Å². The Hall–Kier alpha value is -1.32. The van der Waals surface area contributed by atoms with Gasteiger partial charge in [0.1, 0.15) is 5.82 Å². The van der Waals surface area contributed by atoms with Gasteiger partial charge in [0.05, 0.1) is 0 Å². The monoisotopic (exact) mass is 234 g/mol. The average molecular weight is 234 g/mol. The Morgan fingerprint density at radius 3 is 2.76 bits per heavy atom. The summed E-state index contributed by atoms with van der Waals surface area (Å²) in [6.45, 7) is 5.12. The second-order valence-corrected chi connectivity index (χ2v) is 4.77. The first-order valence-electron chi connectivity index (χ1n) is 6.64. The number of aromatic nitrogens is 2. The number of anilines is 2. The van der Waals surface area contributed by atoms with Gasteiger partial charge in [-0.2, -0.15) is 4.98 Å². The van der Waals surface area contributed by atoms with Crippen LogP contribution in [0.25, 0.3) is 0 Å². The van der Waals surface area contributed by atoms with E-state index in [0.717, 1.165) is 30.4 Å². The van der Waals surface area contributed by atoms with Crippen LogP contribution in [0.5, 0.6) is 0 Å². The average Bonchev–Trinajstić information content (AvgIpc) is 2.78. The molecule has 0 spiro atoms. The van der Waals surface area contributed by atoms with Gasteiger partial charge in [-0.05, 0) is 26.2 Å². The van der Waals surface area contributed by atoms with Crippen LogP contribution in [0.2, 0.25) is 0 Å². The molecule has 0 saturated heterocycles. The van der Waals surface area contributed by atoms with Crippen LogP contribution in [0.4, 0.5) is 11.8 Å². The lowest BCUT2D eigenvalue weighted by Gasteiger charge is -2.13. The van der Waals surface area contributed by atoms with Crippen molar-refractivity contribution >= 4 is 11.8 Å². The largest absolute Gasteiger partial charge is 0.370 e. The molecule has 2 N–H and O–H groups in total. The summed E-state index contributed by atoms with van der Waals surface area (Å²) in [5.41, 5.74) is 1.01. The highest BCUT2D eigenvalue weighted by Gasteiger charge is 2.15. The molecule has 0 aliphatic heterocycles. The molecule has 1 fully saturated rings. The van der Waals surface area contributed by atoms with Crippen molar-refractivity contribution in [1.82, 2.24) is 9.97 Å². The van der Waals surface area contributed by atoms with Gasteiger partial charge in [0.25, 0.3) is 0 Å². The van der Waals surface area contributed by atoms with E-state index in [4.69, 9.17) is 0 Å². The second-order valence-electron chi connectivity index (χ2n) is 4.77. The van der Waals surface area contributed by atoms with Gasteiger partial charge >= 0.3 is 0 Å². The molecule has 94 valence electrons. The van der Waals surface area contributed by atoms with Crippen molar-refractivity contribution in [2.24, 2.45) is 0 Å². The predicted molar refractivity (Wildman–Crippen MR) is 71.4 cm³/mol. The summed E-state index contributed by atoms with van der Waals surface area (Å²) in [5, 5.41) is 6.75. The highest BCUT2D eigenvalue weighted by Crippen LogP contribution is 2.21. The van der Waals surface area contributed by atoms with E-state index in [1.54, 1.807) is 0 Å². The van der Waals surface area contributed by atoms with Gasteiger partial charge in [-0.25, -0.2) is 4.98 Å². The fourth-order valence-electron chi connectivity index (χ4n) is 2.23. The number of hydrogen-bond acceptors (Lipinski definition) is 4. The van der Waals surface area contributed by atoms with Crippen molar-refractivity contribution in [1.29, 1.82) is 0 Å². The van der Waals surface area contributed by atoms with Gasteiger partial charge in [-0.1, -0.05) is 19.8 Å². The van der Waals surface area contributed by atoms with Crippen molar-refractivity contribution in [3.63, 3.8) is 0 Å². The highest BCUT2D eigenvalue weighted by molar-refractivity contribution is 5.42. The molecule has 4 nitrogen and oxygen atoms in total. The Balaban J connectivity index is 2.02. The fraction of sp³-hybridized carbons (Fsp3) is 0.692. The molecule has 1 aliphatic carbocycles. The molecule has 2 rings (SSSR count). The number of nitrogens with zero attached hydrogens (tertiary/aromatic N) is 2. The van der Waals surface area contributed by atoms with Gasteiger partial charge in [-0.15, -0.1) is 0 Å². The van der Waals surface area contributed by atoms with Crippen LogP contribution in [0.1, 0.15) is 44.7 Å². The molecule has 0 radical (unpaired) electrons. The summed E-state index contributed by atoms with van der Waals surface area (Å²) in [7, 11) is 0. The molecule has 0 aromatic carbocycles. The third-order valence-corrected chi connectivity index (χ3v) is 3.10. The first-order valence-corrected chi connectivity index (χ1v) is 6.64. The number of rotatable bonds is 5. The van der Waals surface area contributed by atoms with Crippen LogP contribution in [0, 0.1) is 6.92 Å². The minimum atomic E-state index is 0.566. The standard InChI is InChI=1S/C13H22N4/c1-3-8-14-12-9-10(2)15-13(17-12)16-11-6-4-5-7-11/h9,11H,3-8H2,1-2H3,(H2,14,15,16,17). The van der Waals surface area contributed by atoms with Gasteiger partial charge in [0.2, 0.25) is 5.95 Å². The molecule has 17 heavy (non-hydrogen) atoms. The summed E-state index contributed by atoms with van der Waals surface area (Å²) in [5.74, 6) is 1.70. The van der Waals surface area contributed by atoms with Crippen LogP contribution in [0.3, 0.4) is 0 Å². The Morgan fingerprint density at radius 2 is 2.06 bits per heavy atom. The van der Waals surface area contributed by atoms with E-state index in [1.165, 1.54) is 25.7 Å². The molecular weight excluding hydrogens is 212 g/mol. The Bertz CT molecular complexity index is 358. The highest BCUT2D eigenvalue weighted by atomic mass is 15.2. The Labute approximate surface area is 103 Å². The molecule has 0 bridgehead atoms. The van der Waals surface area contributed by atoms with E-state index in [2.05, 4.69) is 27.5 Å². The van der Waals surface area contributed by atoms with Gasteiger partial charge in [-0.3, -0.25) is 0 Å². The molecule has 0 unspecified atom stereocenters. The van der Waals surface area contributed by atoms with Crippen LogP contribution >= 0.6 is 0 Å². The predicted octanol–water partition coefficient (Wildman–Crippen LogP) is 2.96. The van der Waals surface area contributed by atoms with E-state index in [0.29, 0.717) is 6.04 Å². The van der Waals surface area contributed by atoms with E-state index < -0.39 is 0 Å². The zero-order valence-corrected chi connectivity index (χ0v) is 10.8. The summed E-state index contributed by atoms with van der Waals surface area (Å²) in [6.07, 6.45) is 6.24. The number of aryl methyl sites for hydroxylation is 1. The first-order chi connectivity index (χ1) is 8.28.